The number of anilines is 1. The second-order valence-corrected chi connectivity index (χ2v) is 7.52. The summed E-state index contributed by atoms with van der Waals surface area (Å²) in [6, 6.07) is 11.8. The minimum Gasteiger partial charge on any atom is -0.308 e. The van der Waals surface area contributed by atoms with E-state index in [1.807, 2.05) is 36.4 Å². The molecule has 0 saturated carbocycles. The van der Waals surface area contributed by atoms with Crippen LogP contribution in [0.5, 0.6) is 0 Å². The molecule has 2 aromatic rings. The summed E-state index contributed by atoms with van der Waals surface area (Å²) < 4.78 is 0. The van der Waals surface area contributed by atoms with Crippen molar-refractivity contribution in [1.82, 2.24) is 5.43 Å². The summed E-state index contributed by atoms with van der Waals surface area (Å²) in [5.41, 5.74) is 5.29. The lowest BCUT2D eigenvalue weighted by Crippen LogP contribution is -2.32. The highest BCUT2D eigenvalue weighted by Gasteiger charge is 2.23. The first-order chi connectivity index (χ1) is 13.6. The Morgan fingerprint density at radius 1 is 1.18 bits per heavy atom. The van der Waals surface area contributed by atoms with E-state index >= 15 is 0 Å². The van der Waals surface area contributed by atoms with Crippen molar-refractivity contribution in [3.8, 4) is 6.07 Å². The third-order valence-corrected chi connectivity index (χ3v) is 5.57. The molecular weight excluding hydrogens is 372 g/mol. The molecule has 0 fully saturated rings. The van der Waals surface area contributed by atoms with Crippen molar-refractivity contribution >= 4 is 39.9 Å². The molecule has 1 aromatic carbocycles. The lowest BCUT2D eigenvalue weighted by atomic mass is 9.96. The quantitative estimate of drug-likeness (QED) is 0.472. The number of thiophene rings is 1. The molecule has 2 N–H and O–H groups in total. The number of hydrogen-bond donors (Lipinski definition) is 2. The van der Waals surface area contributed by atoms with E-state index < -0.39 is 11.8 Å². The molecule has 6 nitrogen and oxygen atoms in total. The lowest BCUT2D eigenvalue weighted by Gasteiger charge is -2.09. The van der Waals surface area contributed by atoms with E-state index in [9.17, 15) is 14.9 Å². The van der Waals surface area contributed by atoms with Gasteiger partial charge in [0.05, 0.1) is 11.3 Å². The average Bonchev–Trinajstić information content (AvgIpc) is 3.08. The number of hydrazone groups is 1. The molecule has 1 aliphatic carbocycles. The van der Waals surface area contributed by atoms with Gasteiger partial charge >= 0.3 is 11.8 Å². The highest BCUT2D eigenvalue weighted by molar-refractivity contribution is 7.16. The highest BCUT2D eigenvalue weighted by Crippen LogP contribution is 2.37. The average molecular weight is 392 g/mol. The molecule has 1 heterocycles. The number of aryl methyl sites for hydroxylation is 1. The van der Waals surface area contributed by atoms with E-state index in [2.05, 4.69) is 21.9 Å². The Balaban J connectivity index is 1.61. The zero-order valence-electron chi connectivity index (χ0n) is 15.5. The minimum absolute atomic E-state index is 0.444. The van der Waals surface area contributed by atoms with Crippen LogP contribution in [0.2, 0.25) is 0 Å². The smallest absolute Gasteiger partial charge is 0.308 e. The van der Waals surface area contributed by atoms with Crippen molar-refractivity contribution in [3.63, 3.8) is 0 Å². The molecule has 28 heavy (non-hydrogen) atoms. The molecule has 142 valence electrons. The van der Waals surface area contributed by atoms with Crippen molar-refractivity contribution in [3.05, 3.63) is 58.0 Å². The van der Waals surface area contributed by atoms with Crippen LogP contribution in [0, 0.1) is 11.3 Å². The molecule has 3 rings (SSSR count). The van der Waals surface area contributed by atoms with E-state index in [-0.39, 0.29) is 0 Å². The normalized spacial score (nSPS) is 13.6. The van der Waals surface area contributed by atoms with Crippen LogP contribution in [-0.4, -0.2) is 17.5 Å². The van der Waals surface area contributed by atoms with Gasteiger partial charge < -0.3 is 5.32 Å². The number of benzene rings is 1. The molecule has 0 atom stereocenters. The van der Waals surface area contributed by atoms with Gasteiger partial charge in [0, 0.05) is 4.88 Å². The fourth-order valence-electron chi connectivity index (χ4n) is 2.94. The van der Waals surface area contributed by atoms with Gasteiger partial charge in [0.25, 0.3) is 0 Å². The zero-order valence-corrected chi connectivity index (χ0v) is 16.3. The van der Waals surface area contributed by atoms with Gasteiger partial charge in [-0.15, -0.1) is 11.3 Å². The standard InChI is InChI=1S/C21H20N4O2S/c1-14(11-12-15-7-3-2-4-8-15)24-25-20(27)19(26)23-21-17(13-22)16-9-5-6-10-18(16)28-21/h2-4,7-8,11-12H,5-6,9-10H2,1H3,(H,23,26)(H,25,27)/b12-11+,24-14-. The summed E-state index contributed by atoms with van der Waals surface area (Å²) in [5, 5.41) is 16.3. The van der Waals surface area contributed by atoms with Crippen LogP contribution in [0.1, 0.15) is 41.3 Å². The maximum atomic E-state index is 12.2. The number of nitrogens with zero attached hydrogens (tertiary/aromatic N) is 2. The Kier molecular flexibility index (Phi) is 6.35. The van der Waals surface area contributed by atoms with Gasteiger partial charge in [-0.3, -0.25) is 9.59 Å². The molecule has 1 aromatic heterocycles. The first-order valence-corrected chi connectivity index (χ1v) is 9.83. The summed E-state index contributed by atoms with van der Waals surface area (Å²) >= 11 is 1.38. The lowest BCUT2D eigenvalue weighted by molar-refractivity contribution is -0.136. The van der Waals surface area contributed by atoms with Crippen molar-refractivity contribution in [1.29, 1.82) is 5.26 Å². The van der Waals surface area contributed by atoms with Gasteiger partial charge in [-0.1, -0.05) is 36.4 Å². The molecule has 0 bridgehead atoms. The zero-order chi connectivity index (χ0) is 19.9. The second kappa shape index (κ2) is 9.11. The molecule has 0 spiro atoms. The molecular formula is C21H20N4O2S. The summed E-state index contributed by atoms with van der Waals surface area (Å²) in [7, 11) is 0. The molecule has 0 radical (unpaired) electrons. The number of carbonyl (C=O) groups is 2. The number of amides is 2. The fraction of sp³-hybridized carbons (Fsp3) is 0.238. The van der Waals surface area contributed by atoms with Crippen molar-refractivity contribution < 1.29 is 9.59 Å². The van der Waals surface area contributed by atoms with Gasteiger partial charge in [-0.2, -0.15) is 10.4 Å². The summed E-state index contributed by atoms with van der Waals surface area (Å²) in [4.78, 5) is 25.3. The van der Waals surface area contributed by atoms with Crippen LogP contribution in [0.25, 0.3) is 6.08 Å². The highest BCUT2D eigenvalue weighted by atomic mass is 32.1. The van der Waals surface area contributed by atoms with Crippen LogP contribution in [0.3, 0.4) is 0 Å². The second-order valence-electron chi connectivity index (χ2n) is 6.42. The topological polar surface area (TPSA) is 94.3 Å². The third-order valence-electron chi connectivity index (χ3n) is 4.37. The number of allylic oxidation sites excluding steroid dienone is 1. The number of rotatable bonds is 4. The van der Waals surface area contributed by atoms with Crippen LogP contribution in [0.15, 0.2) is 41.5 Å². The van der Waals surface area contributed by atoms with E-state index in [1.54, 1.807) is 13.0 Å². The fourth-order valence-corrected chi connectivity index (χ4v) is 4.17. The maximum absolute atomic E-state index is 12.2. The molecule has 0 aliphatic heterocycles. The van der Waals surface area contributed by atoms with Crippen LogP contribution in [-0.2, 0) is 22.4 Å². The SMILES string of the molecule is CC(/C=C/c1ccccc1)=N/NC(=O)C(=O)Nc1sc2c(c1C#N)CCCC2. The minimum atomic E-state index is -0.872. The Labute approximate surface area is 167 Å². The monoisotopic (exact) mass is 392 g/mol. The number of nitrogens with one attached hydrogen (secondary N) is 2. The molecule has 1 aliphatic rings. The number of hydrogen-bond acceptors (Lipinski definition) is 5. The van der Waals surface area contributed by atoms with Crippen molar-refractivity contribution in [2.24, 2.45) is 5.10 Å². The van der Waals surface area contributed by atoms with Crippen molar-refractivity contribution in [2.75, 3.05) is 5.32 Å². The summed E-state index contributed by atoms with van der Waals surface area (Å²) in [5.74, 6) is -1.71. The van der Waals surface area contributed by atoms with Crippen LogP contribution < -0.4 is 10.7 Å². The van der Waals surface area contributed by atoms with E-state index in [0.717, 1.165) is 41.7 Å². The Morgan fingerprint density at radius 3 is 2.68 bits per heavy atom. The van der Waals surface area contributed by atoms with E-state index in [0.29, 0.717) is 16.3 Å². The van der Waals surface area contributed by atoms with Gasteiger partial charge in [-0.25, -0.2) is 5.43 Å². The van der Waals surface area contributed by atoms with E-state index in [4.69, 9.17) is 0 Å². The molecule has 7 heteroatoms. The van der Waals surface area contributed by atoms with Crippen molar-refractivity contribution in [2.45, 2.75) is 32.6 Å². The number of nitriles is 1. The van der Waals surface area contributed by atoms with Crippen LogP contribution >= 0.6 is 11.3 Å². The predicted octanol–water partition coefficient (Wildman–Crippen LogP) is 3.64. The van der Waals surface area contributed by atoms with E-state index in [1.165, 1.54) is 11.3 Å². The van der Waals surface area contributed by atoms with Gasteiger partial charge in [0.1, 0.15) is 11.1 Å². The first-order valence-electron chi connectivity index (χ1n) is 9.02. The number of carbonyl (C=O) groups excluding carboxylic acids is 2. The number of fused-ring (bicyclic) bond motifs is 1. The maximum Gasteiger partial charge on any atom is 0.329 e. The van der Waals surface area contributed by atoms with Gasteiger partial charge in [0.15, 0.2) is 0 Å². The Morgan fingerprint density at radius 2 is 1.93 bits per heavy atom. The van der Waals surface area contributed by atoms with Crippen LogP contribution in [0.4, 0.5) is 5.00 Å². The molecule has 2 amide bonds. The van der Waals surface area contributed by atoms with Gasteiger partial charge in [-0.05, 0) is 49.8 Å². The van der Waals surface area contributed by atoms with Gasteiger partial charge in [0.2, 0.25) is 0 Å². The largest absolute Gasteiger partial charge is 0.329 e. The Hall–Kier alpha value is -3.24. The predicted molar refractivity (Wildman–Crippen MR) is 111 cm³/mol. The molecule has 0 unspecified atom stereocenters. The third kappa shape index (κ3) is 4.72. The first kappa shape index (κ1) is 19.5. The summed E-state index contributed by atoms with van der Waals surface area (Å²) in [6.07, 6.45) is 7.48. The Bertz CT molecular complexity index is 984. The summed E-state index contributed by atoms with van der Waals surface area (Å²) in [6.45, 7) is 1.72. The molecule has 0 saturated heterocycles.